The van der Waals surface area contributed by atoms with Crippen LogP contribution in [0.25, 0.3) is 0 Å². The molecule has 5 heteroatoms. The van der Waals surface area contributed by atoms with E-state index in [0.29, 0.717) is 11.4 Å². The van der Waals surface area contributed by atoms with Gasteiger partial charge in [-0.05, 0) is 23.2 Å². The minimum absolute atomic E-state index is 0.115. The van der Waals surface area contributed by atoms with Crippen molar-refractivity contribution in [1.82, 2.24) is 9.10 Å². The van der Waals surface area contributed by atoms with Crippen molar-refractivity contribution in [3.8, 4) is 5.75 Å². The van der Waals surface area contributed by atoms with E-state index in [-0.39, 0.29) is 9.86 Å². The molecule has 24 heavy (non-hydrogen) atoms. The van der Waals surface area contributed by atoms with Gasteiger partial charge in [0.2, 0.25) is 11.8 Å². The molecule has 0 amide bonds. The number of quaternary nitrogens is 1. The Kier molecular flexibility index (Phi) is 4.60. The third-order valence-corrected chi connectivity index (χ3v) is 4.07. The molecule has 3 rings (SSSR count). The minimum atomic E-state index is -0.240. The third kappa shape index (κ3) is 3.30. The number of halogens is 1. The summed E-state index contributed by atoms with van der Waals surface area (Å²) in [7, 11) is 0. The van der Waals surface area contributed by atoms with Gasteiger partial charge in [-0.3, -0.25) is 4.98 Å². The lowest BCUT2D eigenvalue weighted by Gasteiger charge is -2.22. The fraction of sp³-hybridized carbons (Fsp3) is 0.0526. The van der Waals surface area contributed by atoms with E-state index in [2.05, 4.69) is 4.98 Å². The number of hydrogen-bond donors (Lipinski definition) is 1. The summed E-state index contributed by atoms with van der Waals surface area (Å²) in [6, 6.07) is 22.6. The third-order valence-electron chi connectivity index (χ3n) is 3.60. The molecule has 120 valence electrons. The molecule has 4 nitrogen and oxygen atoms in total. The summed E-state index contributed by atoms with van der Waals surface area (Å²) in [5, 5.41) is 14.1. The fourth-order valence-electron chi connectivity index (χ4n) is 2.37. The summed E-state index contributed by atoms with van der Waals surface area (Å²) in [6.07, 6.45) is 1.39. The highest BCUT2D eigenvalue weighted by Gasteiger charge is 2.33. The first-order valence-electron chi connectivity index (χ1n) is 7.52. The molecule has 0 unspecified atom stereocenters. The van der Waals surface area contributed by atoms with Crippen LogP contribution in [0.5, 0.6) is 5.75 Å². The summed E-state index contributed by atoms with van der Waals surface area (Å²) in [5.74, 6) is 0.115. The maximum absolute atomic E-state index is 9.39. The molecular weight excluding hydrogens is 322 g/mol. The van der Waals surface area contributed by atoms with Crippen molar-refractivity contribution < 1.29 is 5.11 Å². The molecule has 0 aliphatic rings. The Morgan fingerprint density at radius 1 is 0.917 bits per heavy atom. The molecule has 1 heterocycles. The van der Waals surface area contributed by atoms with E-state index in [1.165, 1.54) is 6.20 Å². The Morgan fingerprint density at radius 2 is 1.46 bits per heavy atom. The molecule has 0 atom stereocenters. The van der Waals surface area contributed by atoms with Gasteiger partial charge in [0, 0.05) is 24.3 Å². The van der Waals surface area contributed by atoms with Crippen molar-refractivity contribution in [1.29, 1.82) is 0 Å². The Morgan fingerprint density at radius 3 is 1.92 bits per heavy atom. The van der Waals surface area contributed by atoms with E-state index >= 15 is 0 Å². The Balaban J connectivity index is 2.12. The zero-order valence-electron chi connectivity index (χ0n) is 13.2. The molecule has 0 fully saturated rings. The second-order valence-corrected chi connectivity index (χ2v) is 5.80. The first-order valence-corrected chi connectivity index (χ1v) is 7.85. The maximum atomic E-state index is 9.39. The molecule has 0 saturated heterocycles. The molecule has 0 aliphatic heterocycles. The van der Waals surface area contributed by atoms with Gasteiger partial charge >= 0.3 is 0 Å². The molecule has 0 aliphatic carbocycles. The van der Waals surface area contributed by atoms with E-state index in [4.69, 9.17) is 16.9 Å². The van der Waals surface area contributed by atoms with Crippen molar-refractivity contribution >= 4 is 28.9 Å². The van der Waals surface area contributed by atoms with Crippen LogP contribution in [0, 0.1) is 0 Å². The second-order valence-electron chi connectivity index (χ2n) is 5.31. The standard InChI is InChI=1S/C19H16ClN3O/c1-15(19-13-12-18(24)14-21-19)22-23(20,16-8-4-2-5-9-16)17-10-6-3-7-11-17/h2-14H,1H3/p+1. The number of benzene rings is 2. The smallest absolute Gasteiger partial charge is 0.209 e. The normalized spacial score (nSPS) is 12.2. The van der Waals surface area contributed by atoms with Gasteiger partial charge in [0.1, 0.15) is 11.5 Å². The number of rotatable bonds is 4. The van der Waals surface area contributed by atoms with Crippen LogP contribution in [0.1, 0.15) is 12.6 Å². The lowest BCUT2D eigenvalue weighted by molar-refractivity contribution is 0.472. The molecule has 1 N–H and O–H groups in total. The van der Waals surface area contributed by atoms with Gasteiger partial charge in [0.15, 0.2) is 11.4 Å². The SMILES string of the molecule is CC(=N[N+](Cl)(c1ccccc1)c1ccccc1)c1ccc(O)cn1. The highest BCUT2D eigenvalue weighted by Crippen LogP contribution is 2.38. The topological polar surface area (TPSA) is 45.5 Å². The monoisotopic (exact) mass is 338 g/mol. The van der Waals surface area contributed by atoms with E-state index < -0.39 is 0 Å². The highest BCUT2D eigenvalue weighted by atomic mass is 35.5. The predicted molar refractivity (Wildman–Crippen MR) is 98.3 cm³/mol. The Hall–Kier alpha value is -2.69. The number of aromatic hydroxyl groups is 1. The van der Waals surface area contributed by atoms with Gasteiger partial charge in [-0.1, -0.05) is 41.5 Å². The van der Waals surface area contributed by atoms with Crippen molar-refractivity contribution in [2.45, 2.75) is 6.92 Å². The van der Waals surface area contributed by atoms with Crippen molar-refractivity contribution in [2.75, 3.05) is 0 Å². The summed E-state index contributed by atoms with van der Waals surface area (Å²) in [5.41, 5.74) is 2.97. The lowest BCUT2D eigenvalue weighted by Crippen LogP contribution is -2.28. The van der Waals surface area contributed by atoms with E-state index in [0.717, 1.165) is 11.4 Å². The lowest BCUT2D eigenvalue weighted by atomic mass is 10.2. The number of aromatic nitrogens is 1. The van der Waals surface area contributed by atoms with Crippen molar-refractivity contribution in [2.24, 2.45) is 5.10 Å². The van der Waals surface area contributed by atoms with Gasteiger partial charge in [-0.2, -0.15) is 0 Å². The summed E-state index contributed by atoms with van der Waals surface area (Å²) >= 11 is 6.94. The summed E-state index contributed by atoms with van der Waals surface area (Å²) in [4.78, 5) is 4.20. The van der Waals surface area contributed by atoms with Crippen LogP contribution in [0.2, 0.25) is 0 Å². The van der Waals surface area contributed by atoms with Gasteiger partial charge in [-0.15, -0.1) is 0 Å². The molecule has 0 bridgehead atoms. The van der Waals surface area contributed by atoms with Gasteiger partial charge < -0.3 is 5.11 Å². The van der Waals surface area contributed by atoms with Crippen LogP contribution in [0.3, 0.4) is 0 Å². The predicted octanol–water partition coefficient (Wildman–Crippen LogP) is 5.00. The zero-order valence-corrected chi connectivity index (χ0v) is 13.9. The largest absolute Gasteiger partial charge is 0.506 e. The molecular formula is C19H17ClN3O+. The number of pyridine rings is 1. The van der Waals surface area contributed by atoms with Crippen LogP contribution in [0.4, 0.5) is 11.4 Å². The molecule has 0 saturated carbocycles. The number of para-hydroxylation sites is 2. The minimum Gasteiger partial charge on any atom is -0.506 e. The van der Waals surface area contributed by atoms with Gasteiger partial charge in [-0.25, -0.2) is 0 Å². The van der Waals surface area contributed by atoms with Crippen LogP contribution >= 0.6 is 11.8 Å². The maximum Gasteiger partial charge on any atom is 0.209 e. The van der Waals surface area contributed by atoms with Crippen molar-refractivity contribution in [3.05, 3.63) is 84.7 Å². The van der Waals surface area contributed by atoms with Crippen molar-refractivity contribution in [3.63, 3.8) is 0 Å². The first kappa shape index (κ1) is 16.2. The summed E-state index contributed by atoms with van der Waals surface area (Å²) < 4.78 is -0.240. The highest BCUT2D eigenvalue weighted by molar-refractivity contribution is 6.25. The molecule has 1 aromatic heterocycles. The van der Waals surface area contributed by atoms with Crippen LogP contribution in [-0.2, 0) is 0 Å². The quantitative estimate of drug-likeness (QED) is 0.413. The van der Waals surface area contributed by atoms with Crippen LogP contribution < -0.4 is 4.11 Å². The van der Waals surface area contributed by atoms with Crippen LogP contribution in [0.15, 0.2) is 84.1 Å². The van der Waals surface area contributed by atoms with Crippen LogP contribution in [-0.4, -0.2) is 15.8 Å². The van der Waals surface area contributed by atoms with E-state index in [1.807, 2.05) is 67.6 Å². The second kappa shape index (κ2) is 6.83. The fourth-order valence-corrected chi connectivity index (χ4v) is 2.71. The van der Waals surface area contributed by atoms with E-state index in [1.54, 1.807) is 12.1 Å². The Labute approximate surface area is 146 Å². The molecule has 0 radical (unpaired) electrons. The van der Waals surface area contributed by atoms with Gasteiger partial charge in [0.25, 0.3) is 0 Å². The number of hydrogen-bond acceptors (Lipinski definition) is 3. The molecule has 2 aromatic carbocycles. The first-order chi connectivity index (χ1) is 11.6. The summed E-state index contributed by atoms with van der Waals surface area (Å²) in [6.45, 7) is 1.85. The zero-order chi connectivity index (χ0) is 17.0. The molecule has 0 spiro atoms. The number of nitrogens with zero attached hydrogens (tertiary/aromatic N) is 3. The molecule has 3 aromatic rings. The van der Waals surface area contributed by atoms with Gasteiger partial charge in [0.05, 0.1) is 11.9 Å². The van der Waals surface area contributed by atoms with E-state index in [9.17, 15) is 5.11 Å². The average molecular weight is 339 g/mol. The Bertz CT molecular complexity index is 794. The average Bonchev–Trinajstić information content (AvgIpc) is 2.63.